The Balaban J connectivity index is 1.84. The lowest BCUT2D eigenvalue weighted by molar-refractivity contribution is -0.128. The molecule has 0 radical (unpaired) electrons. The number of hydrogen-bond donors (Lipinski definition) is 1. The minimum absolute atomic E-state index is 0.0924. The van der Waals surface area contributed by atoms with Crippen molar-refractivity contribution in [2.75, 3.05) is 11.9 Å². The standard InChI is InChI=1S/C28H30N2O3/c1-4-33-27-16-13-23(14-17-27)15-18-28(32)30(20-24-9-6-5-7-10-24)21(2)25-11-8-12-26(19-25)29-22(3)31/h5-19,21H,4,20H2,1-3H3,(H,29,31)/b18-15+. The number of ether oxygens (including phenoxy) is 1. The molecule has 5 heteroatoms. The summed E-state index contributed by atoms with van der Waals surface area (Å²) in [5.74, 6) is 0.583. The number of rotatable bonds is 9. The van der Waals surface area contributed by atoms with E-state index in [2.05, 4.69) is 5.32 Å². The molecule has 170 valence electrons. The van der Waals surface area contributed by atoms with Gasteiger partial charge in [0.2, 0.25) is 11.8 Å². The maximum absolute atomic E-state index is 13.3. The number of nitrogens with zero attached hydrogens (tertiary/aromatic N) is 1. The zero-order valence-corrected chi connectivity index (χ0v) is 19.3. The summed E-state index contributed by atoms with van der Waals surface area (Å²) < 4.78 is 5.48. The minimum atomic E-state index is -0.198. The van der Waals surface area contributed by atoms with Crippen molar-refractivity contribution in [2.45, 2.75) is 33.4 Å². The van der Waals surface area contributed by atoms with E-state index >= 15 is 0 Å². The molecule has 1 atom stereocenters. The fraction of sp³-hybridized carbons (Fsp3) is 0.214. The number of hydrogen-bond acceptors (Lipinski definition) is 3. The van der Waals surface area contributed by atoms with Crippen LogP contribution in [0.15, 0.2) is 84.9 Å². The first-order valence-corrected chi connectivity index (χ1v) is 11.1. The molecule has 0 aliphatic rings. The molecule has 0 aliphatic heterocycles. The van der Waals surface area contributed by atoms with E-state index in [0.29, 0.717) is 18.8 Å². The number of amides is 2. The summed E-state index contributed by atoms with van der Waals surface area (Å²) in [7, 11) is 0. The summed E-state index contributed by atoms with van der Waals surface area (Å²) in [4.78, 5) is 26.6. The lowest BCUT2D eigenvalue weighted by Crippen LogP contribution is -2.31. The van der Waals surface area contributed by atoms with Crippen LogP contribution in [0.3, 0.4) is 0 Å². The van der Waals surface area contributed by atoms with Crippen molar-refractivity contribution in [3.63, 3.8) is 0 Å². The first-order chi connectivity index (χ1) is 16.0. The van der Waals surface area contributed by atoms with E-state index in [9.17, 15) is 9.59 Å². The van der Waals surface area contributed by atoms with Crippen molar-refractivity contribution < 1.29 is 14.3 Å². The molecule has 0 aliphatic carbocycles. The maximum Gasteiger partial charge on any atom is 0.247 e. The quantitative estimate of drug-likeness (QED) is 0.423. The molecule has 1 N–H and O–H groups in total. The molecule has 0 saturated heterocycles. The van der Waals surface area contributed by atoms with Gasteiger partial charge >= 0.3 is 0 Å². The lowest BCUT2D eigenvalue weighted by Gasteiger charge is -2.29. The predicted molar refractivity (Wildman–Crippen MR) is 133 cm³/mol. The summed E-state index contributed by atoms with van der Waals surface area (Å²) in [6, 6.07) is 25.0. The zero-order valence-electron chi connectivity index (χ0n) is 19.3. The second kappa shape index (κ2) is 11.7. The van der Waals surface area contributed by atoms with Gasteiger partial charge < -0.3 is 15.0 Å². The molecule has 1 unspecified atom stereocenters. The molecule has 0 aromatic heterocycles. The SMILES string of the molecule is CCOc1ccc(/C=C/C(=O)N(Cc2ccccc2)C(C)c2cccc(NC(C)=O)c2)cc1. The Bertz CT molecular complexity index is 1090. The summed E-state index contributed by atoms with van der Waals surface area (Å²) in [5.41, 5.74) is 3.63. The van der Waals surface area contributed by atoms with Gasteiger partial charge in [-0.15, -0.1) is 0 Å². The van der Waals surface area contributed by atoms with Crippen LogP contribution in [-0.2, 0) is 16.1 Å². The van der Waals surface area contributed by atoms with Gasteiger partial charge in [0.15, 0.2) is 0 Å². The Morgan fingerprint density at radius 2 is 1.73 bits per heavy atom. The third-order valence-corrected chi connectivity index (χ3v) is 5.25. The Kier molecular flexibility index (Phi) is 8.42. The Hall–Kier alpha value is -3.86. The largest absolute Gasteiger partial charge is 0.494 e. The third kappa shape index (κ3) is 7.07. The van der Waals surface area contributed by atoms with Gasteiger partial charge in [0, 0.05) is 25.2 Å². The highest BCUT2D eigenvalue weighted by Gasteiger charge is 2.20. The van der Waals surface area contributed by atoms with E-state index in [-0.39, 0.29) is 17.9 Å². The highest BCUT2D eigenvalue weighted by molar-refractivity contribution is 5.92. The average molecular weight is 443 g/mol. The molecule has 0 fully saturated rings. The van der Waals surface area contributed by atoms with Crippen LogP contribution in [0, 0.1) is 0 Å². The zero-order chi connectivity index (χ0) is 23.6. The maximum atomic E-state index is 13.3. The van der Waals surface area contributed by atoms with Crippen molar-refractivity contribution in [3.8, 4) is 5.75 Å². The van der Waals surface area contributed by atoms with E-state index < -0.39 is 0 Å². The summed E-state index contributed by atoms with van der Waals surface area (Å²) in [6.07, 6.45) is 3.42. The molecule has 0 bridgehead atoms. The number of carbonyl (C=O) groups is 2. The highest BCUT2D eigenvalue weighted by Crippen LogP contribution is 2.25. The summed E-state index contributed by atoms with van der Waals surface area (Å²) in [6.45, 7) is 6.51. The van der Waals surface area contributed by atoms with E-state index in [4.69, 9.17) is 4.74 Å². The van der Waals surface area contributed by atoms with E-state index in [1.807, 2.05) is 104 Å². The Labute approximate surface area is 195 Å². The first-order valence-electron chi connectivity index (χ1n) is 11.1. The van der Waals surface area contributed by atoms with Gasteiger partial charge in [0.1, 0.15) is 5.75 Å². The monoisotopic (exact) mass is 442 g/mol. The van der Waals surface area contributed by atoms with Gasteiger partial charge in [-0.3, -0.25) is 9.59 Å². The van der Waals surface area contributed by atoms with Crippen molar-refractivity contribution in [1.29, 1.82) is 0 Å². The number of nitrogens with one attached hydrogen (secondary N) is 1. The van der Waals surface area contributed by atoms with Gasteiger partial charge in [0.25, 0.3) is 0 Å². The van der Waals surface area contributed by atoms with Crippen molar-refractivity contribution >= 4 is 23.6 Å². The van der Waals surface area contributed by atoms with Crippen LogP contribution in [0.25, 0.3) is 6.08 Å². The molecule has 0 heterocycles. The molecular weight excluding hydrogens is 412 g/mol. The fourth-order valence-corrected chi connectivity index (χ4v) is 3.55. The average Bonchev–Trinajstić information content (AvgIpc) is 2.82. The molecule has 0 saturated carbocycles. The van der Waals surface area contributed by atoms with Crippen molar-refractivity contribution in [1.82, 2.24) is 4.90 Å². The van der Waals surface area contributed by atoms with Gasteiger partial charge in [-0.25, -0.2) is 0 Å². The van der Waals surface area contributed by atoms with Gasteiger partial charge in [-0.2, -0.15) is 0 Å². The van der Waals surface area contributed by atoms with E-state index in [1.165, 1.54) is 6.92 Å². The number of carbonyl (C=O) groups excluding carboxylic acids is 2. The predicted octanol–water partition coefficient (Wildman–Crippen LogP) is 5.85. The van der Waals surface area contributed by atoms with Crippen LogP contribution in [0.5, 0.6) is 5.75 Å². The molecule has 3 aromatic carbocycles. The Morgan fingerprint density at radius 3 is 2.39 bits per heavy atom. The molecule has 0 spiro atoms. The second-order valence-electron chi connectivity index (χ2n) is 7.77. The molecular formula is C28H30N2O3. The summed E-state index contributed by atoms with van der Waals surface area (Å²) in [5, 5.41) is 2.81. The van der Waals surface area contributed by atoms with Crippen LogP contribution >= 0.6 is 0 Å². The van der Waals surface area contributed by atoms with Gasteiger partial charge in [0.05, 0.1) is 12.6 Å². The summed E-state index contributed by atoms with van der Waals surface area (Å²) >= 11 is 0. The minimum Gasteiger partial charge on any atom is -0.494 e. The van der Waals surface area contributed by atoms with Gasteiger partial charge in [-0.05, 0) is 60.9 Å². The van der Waals surface area contributed by atoms with Crippen LogP contribution in [0.1, 0.15) is 43.5 Å². The number of benzene rings is 3. The first kappa shape index (κ1) is 23.8. The van der Waals surface area contributed by atoms with Crippen LogP contribution in [0.4, 0.5) is 5.69 Å². The smallest absolute Gasteiger partial charge is 0.247 e. The van der Waals surface area contributed by atoms with E-state index in [0.717, 1.165) is 22.4 Å². The molecule has 5 nitrogen and oxygen atoms in total. The lowest BCUT2D eigenvalue weighted by atomic mass is 10.0. The van der Waals surface area contributed by atoms with Crippen LogP contribution in [-0.4, -0.2) is 23.3 Å². The molecule has 2 amide bonds. The molecule has 3 rings (SSSR count). The van der Waals surface area contributed by atoms with E-state index in [1.54, 1.807) is 6.08 Å². The second-order valence-corrected chi connectivity index (χ2v) is 7.77. The number of anilines is 1. The van der Waals surface area contributed by atoms with Crippen molar-refractivity contribution in [3.05, 3.63) is 102 Å². The Morgan fingerprint density at radius 1 is 1.00 bits per heavy atom. The molecule has 3 aromatic rings. The third-order valence-electron chi connectivity index (χ3n) is 5.25. The topological polar surface area (TPSA) is 58.6 Å². The highest BCUT2D eigenvalue weighted by atomic mass is 16.5. The normalized spacial score (nSPS) is 11.7. The van der Waals surface area contributed by atoms with Crippen LogP contribution in [0.2, 0.25) is 0 Å². The fourth-order valence-electron chi connectivity index (χ4n) is 3.55. The molecule has 33 heavy (non-hydrogen) atoms. The van der Waals surface area contributed by atoms with Crippen LogP contribution < -0.4 is 10.1 Å². The van der Waals surface area contributed by atoms with Crippen molar-refractivity contribution in [2.24, 2.45) is 0 Å². The van der Waals surface area contributed by atoms with Gasteiger partial charge in [-0.1, -0.05) is 54.6 Å².